The van der Waals surface area contributed by atoms with Crippen LogP contribution >= 0.6 is 0 Å². The molecular weight excluding hydrogens is 176 g/mol. The zero-order chi connectivity index (χ0) is 9.61. The second-order valence-corrected chi connectivity index (χ2v) is 5.73. The quantitative estimate of drug-likeness (QED) is 0.362. The van der Waals surface area contributed by atoms with E-state index in [2.05, 4.69) is 6.58 Å². The standard InChI is InChI=1S/C7H14O4Si/c1-5-7(8)11-6-12(4,9-2)10-3/h5H,1,6H2,2-4H3. The molecule has 0 N–H and O–H groups in total. The normalized spacial score (nSPS) is 10.9. The Labute approximate surface area is 73.4 Å². The molecule has 0 fully saturated rings. The predicted octanol–water partition coefficient (Wildman–Crippen LogP) is 0.620. The molecule has 0 heterocycles. The summed E-state index contributed by atoms with van der Waals surface area (Å²) in [7, 11) is 0.811. The van der Waals surface area contributed by atoms with E-state index in [1.54, 1.807) is 0 Å². The minimum absolute atomic E-state index is 0.185. The van der Waals surface area contributed by atoms with Crippen LogP contribution in [0.25, 0.3) is 0 Å². The van der Waals surface area contributed by atoms with Crippen molar-refractivity contribution in [2.75, 3.05) is 20.4 Å². The maximum atomic E-state index is 10.7. The second kappa shape index (κ2) is 5.07. The summed E-state index contributed by atoms with van der Waals surface area (Å²) in [5.74, 6) is -0.456. The molecule has 0 atom stereocenters. The van der Waals surface area contributed by atoms with E-state index in [0.717, 1.165) is 6.08 Å². The van der Waals surface area contributed by atoms with E-state index < -0.39 is 14.5 Å². The Morgan fingerprint density at radius 1 is 1.50 bits per heavy atom. The second-order valence-electron chi connectivity index (χ2n) is 2.35. The molecule has 0 aromatic heterocycles. The average Bonchev–Trinajstić information content (AvgIpc) is 2.13. The van der Waals surface area contributed by atoms with E-state index >= 15 is 0 Å². The Balaban J connectivity index is 3.88. The minimum Gasteiger partial charge on any atom is -0.461 e. The molecule has 0 aromatic rings. The van der Waals surface area contributed by atoms with Crippen LogP contribution < -0.4 is 0 Å². The molecule has 0 spiro atoms. The third-order valence-corrected chi connectivity index (χ3v) is 3.90. The summed E-state index contributed by atoms with van der Waals surface area (Å²) in [6.45, 7) is 5.08. The minimum atomic E-state index is -2.27. The zero-order valence-corrected chi connectivity index (χ0v) is 8.62. The summed E-state index contributed by atoms with van der Waals surface area (Å²) < 4.78 is 15.0. The number of hydrogen-bond acceptors (Lipinski definition) is 4. The molecule has 0 aliphatic rings. The molecule has 0 unspecified atom stereocenters. The molecule has 0 amide bonds. The Morgan fingerprint density at radius 2 is 2.00 bits per heavy atom. The largest absolute Gasteiger partial charge is 0.461 e. The van der Waals surface area contributed by atoms with Crippen LogP contribution in [-0.4, -0.2) is 35.0 Å². The van der Waals surface area contributed by atoms with Crippen LogP contribution in [-0.2, 0) is 18.4 Å². The van der Waals surface area contributed by atoms with Gasteiger partial charge in [0, 0.05) is 20.3 Å². The van der Waals surface area contributed by atoms with E-state index in [-0.39, 0.29) is 6.23 Å². The monoisotopic (exact) mass is 190 g/mol. The van der Waals surface area contributed by atoms with Crippen LogP contribution in [0.3, 0.4) is 0 Å². The van der Waals surface area contributed by atoms with E-state index in [1.165, 1.54) is 14.2 Å². The zero-order valence-electron chi connectivity index (χ0n) is 7.62. The molecule has 12 heavy (non-hydrogen) atoms. The molecule has 5 heteroatoms. The number of carbonyl (C=O) groups excluding carboxylic acids is 1. The van der Waals surface area contributed by atoms with Gasteiger partial charge in [0.15, 0.2) is 0 Å². The molecule has 70 valence electrons. The van der Waals surface area contributed by atoms with Crippen LogP contribution in [0.15, 0.2) is 12.7 Å². The number of carbonyl (C=O) groups is 1. The fourth-order valence-electron chi connectivity index (χ4n) is 0.462. The van der Waals surface area contributed by atoms with E-state index in [9.17, 15) is 4.79 Å². The third kappa shape index (κ3) is 3.66. The van der Waals surface area contributed by atoms with Gasteiger partial charge in [-0.05, 0) is 6.55 Å². The highest BCUT2D eigenvalue weighted by Crippen LogP contribution is 2.04. The van der Waals surface area contributed by atoms with Crippen LogP contribution in [0, 0.1) is 0 Å². The molecule has 0 saturated heterocycles. The lowest BCUT2D eigenvalue weighted by Crippen LogP contribution is -2.42. The maximum absolute atomic E-state index is 10.7. The van der Waals surface area contributed by atoms with Crippen LogP contribution in [0.4, 0.5) is 0 Å². The van der Waals surface area contributed by atoms with Crippen molar-refractivity contribution in [2.45, 2.75) is 6.55 Å². The lowest BCUT2D eigenvalue weighted by Gasteiger charge is -2.21. The van der Waals surface area contributed by atoms with Gasteiger partial charge in [0.05, 0.1) is 0 Å². The van der Waals surface area contributed by atoms with Gasteiger partial charge in [-0.1, -0.05) is 6.58 Å². The Kier molecular flexibility index (Phi) is 4.80. The van der Waals surface area contributed by atoms with Gasteiger partial charge in [-0.2, -0.15) is 0 Å². The SMILES string of the molecule is C=CC(=O)OC[Si](C)(OC)OC. The predicted molar refractivity (Wildman–Crippen MR) is 46.8 cm³/mol. The van der Waals surface area contributed by atoms with Crippen molar-refractivity contribution >= 4 is 14.5 Å². The average molecular weight is 190 g/mol. The summed E-state index contributed by atoms with van der Waals surface area (Å²) in [5.41, 5.74) is 0. The molecule has 0 bridgehead atoms. The number of esters is 1. The highest BCUT2D eigenvalue weighted by atomic mass is 28.4. The first kappa shape index (κ1) is 11.3. The van der Waals surface area contributed by atoms with E-state index in [4.69, 9.17) is 13.6 Å². The molecule has 0 radical (unpaired) electrons. The van der Waals surface area contributed by atoms with Crippen molar-refractivity contribution in [3.05, 3.63) is 12.7 Å². The van der Waals surface area contributed by atoms with Crippen molar-refractivity contribution in [3.63, 3.8) is 0 Å². The number of rotatable bonds is 5. The van der Waals surface area contributed by atoms with Gasteiger partial charge in [-0.25, -0.2) is 4.79 Å². The summed E-state index contributed by atoms with van der Waals surface area (Å²) in [5, 5.41) is 0. The molecular formula is C7H14O4Si. The topological polar surface area (TPSA) is 44.8 Å². The number of hydrogen-bond donors (Lipinski definition) is 0. The highest BCUT2D eigenvalue weighted by molar-refractivity contribution is 6.66. The molecule has 0 aromatic carbocycles. The Hall–Kier alpha value is -0.653. The van der Waals surface area contributed by atoms with Crippen molar-refractivity contribution in [1.29, 1.82) is 0 Å². The molecule has 0 aliphatic heterocycles. The van der Waals surface area contributed by atoms with E-state index in [1.807, 2.05) is 6.55 Å². The summed E-state index contributed by atoms with van der Waals surface area (Å²) in [6.07, 6.45) is 1.30. The van der Waals surface area contributed by atoms with Crippen molar-refractivity contribution in [3.8, 4) is 0 Å². The van der Waals surface area contributed by atoms with E-state index in [0.29, 0.717) is 0 Å². The number of ether oxygens (including phenoxy) is 1. The summed E-state index contributed by atoms with van der Waals surface area (Å²) in [4.78, 5) is 10.7. The molecule has 4 nitrogen and oxygen atoms in total. The highest BCUT2D eigenvalue weighted by Gasteiger charge is 2.30. The smallest absolute Gasteiger partial charge is 0.373 e. The Bertz CT molecular complexity index is 165. The van der Waals surface area contributed by atoms with Gasteiger partial charge in [0.25, 0.3) is 0 Å². The van der Waals surface area contributed by atoms with Gasteiger partial charge in [-0.3, -0.25) is 0 Å². The maximum Gasteiger partial charge on any atom is 0.373 e. The van der Waals surface area contributed by atoms with Crippen LogP contribution in [0.2, 0.25) is 6.55 Å². The summed E-state index contributed by atoms with van der Waals surface area (Å²) in [6, 6.07) is 0. The first-order valence-electron chi connectivity index (χ1n) is 3.47. The molecule has 0 saturated carbocycles. The molecule has 0 aliphatic carbocycles. The van der Waals surface area contributed by atoms with Crippen molar-refractivity contribution < 1.29 is 18.4 Å². The fourth-order valence-corrected chi connectivity index (χ4v) is 1.27. The first-order valence-corrected chi connectivity index (χ1v) is 6.00. The van der Waals surface area contributed by atoms with Crippen LogP contribution in [0.1, 0.15) is 0 Å². The Morgan fingerprint density at radius 3 is 2.33 bits per heavy atom. The van der Waals surface area contributed by atoms with Crippen LogP contribution in [0.5, 0.6) is 0 Å². The van der Waals surface area contributed by atoms with Gasteiger partial charge in [0.2, 0.25) is 0 Å². The van der Waals surface area contributed by atoms with Gasteiger partial charge < -0.3 is 13.6 Å². The fraction of sp³-hybridized carbons (Fsp3) is 0.571. The first-order chi connectivity index (χ1) is 5.58. The third-order valence-electron chi connectivity index (χ3n) is 1.51. The lowest BCUT2D eigenvalue weighted by atomic mass is 10.7. The van der Waals surface area contributed by atoms with Crippen molar-refractivity contribution in [2.24, 2.45) is 0 Å². The summed E-state index contributed by atoms with van der Waals surface area (Å²) >= 11 is 0. The van der Waals surface area contributed by atoms with Crippen molar-refractivity contribution in [1.82, 2.24) is 0 Å². The lowest BCUT2D eigenvalue weighted by molar-refractivity contribution is -0.136. The molecule has 0 rings (SSSR count). The van der Waals surface area contributed by atoms with Gasteiger partial charge in [0.1, 0.15) is 6.23 Å². The van der Waals surface area contributed by atoms with Gasteiger partial charge >= 0.3 is 14.5 Å². The van der Waals surface area contributed by atoms with Gasteiger partial charge in [-0.15, -0.1) is 0 Å².